The van der Waals surface area contributed by atoms with Crippen LogP contribution in [0.3, 0.4) is 0 Å². The minimum absolute atomic E-state index is 0.167. The molecule has 1 N–H and O–H groups in total. The van der Waals surface area contributed by atoms with Crippen LogP contribution >= 0.6 is 11.6 Å². The molecule has 2 aromatic rings. The molecule has 114 valence electrons. The highest BCUT2D eigenvalue weighted by molar-refractivity contribution is 6.30. The van der Waals surface area contributed by atoms with E-state index in [0.29, 0.717) is 17.5 Å². The maximum Gasteiger partial charge on any atom is 0.348 e. The van der Waals surface area contributed by atoms with Gasteiger partial charge in [-0.25, -0.2) is 14.6 Å². The van der Waals surface area contributed by atoms with Crippen molar-refractivity contribution in [2.75, 3.05) is 0 Å². The molecule has 0 atom stereocenters. The van der Waals surface area contributed by atoms with Crippen LogP contribution in [0.2, 0.25) is 5.02 Å². The van der Waals surface area contributed by atoms with Crippen LogP contribution in [0.4, 0.5) is 0 Å². The second-order valence-corrected chi connectivity index (χ2v) is 5.07. The fourth-order valence-electron chi connectivity index (χ4n) is 2.06. The van der Waals surface area contributed by atoms with E-state index in [9.17, 15) is 14.4 Å². The highest BCUT2D eigenvalue weighted by Crippen LogP contribution is 2.14. The van der Waals surface area contributed by atoms with Crippen LogP contribution in [0, 0.1) is 0 Å². The van der Waals surface area contributed by atoms with E-state index < -0.39 is 11.7 Å². The summed E-state index contributed by atoms with van der Waals surface area (Å²) >= 11 is 5.75. The first-order valence-electron chi connectivity index (χ1n) is 6.53. The molecule has 0 fully saturated rings. The number of aromatic carboxylic acids is 1. The number of carbonyl (C=O) groups is 2. The molecule has 1 heterocycles. The summed E-state index contributed by atoms with van der Waals surface area (Å²) < 4.78 is 1.11. The average Bonchev–Trinajstić information content (AvgIpc) is 2.50. The van der Waals surface area contributed by atoms with Crippen LogP contribution in [0.15, 0.2) is 35.4 Å². The molecule has 0 saturated carbocycles. The van der Waals surface area contributed by atoms with Crippen molar-refractivity contribution in [2.24, 2.45) is 0 Å². The second kappa shape index (κ2) is 6.53. The Morgan fingerprint density at radius 3 is 2.73 bits per heavy atom. The molecule has 6 nitrogen and oxygen atoms in total. The summed E-state index contributed by atoms with van der Waals surface area (Å²) in [5, 5.41) is 9.33. The normalized spacial score (nSPS) is 10.5. The molecule has 7 heteroatoms. The van der Waals surface area contributed by atoms with Crippen LogP contribution in [0.25, 0.3) is 0 Å². The molecule has 0 amide bonds. The van der Waals surface area contributed by atoms with Crippen molar-refractivity contribution in [3.8, 4) is 0 Å². The molecule has 2 rings (SSSR count). The lowest BCUT2D eigenvalue weighted by Crippen LogP contribution is -2.25. The number of carboxylic acid groups (broad SMARTS) is 1. The lowest BCUT2D eigenvalue weighted by atomic mass is 10.00. The second-order valence-electron chi connectivity index (χ2n) is 4.64. The molecule has 0 bridgehead atoms. The SMILES string of the molecule is CCc1cc(C(=O)Cn2cc(Cl)cnc2=O)ccc1C(=O)O. The zero-order chi connectivity index (χ0) is 16.3. The van der Waals surface area contributed by atoms with Crippen LogP contribution in [-0.2, 0) is 13.0 Å². The molecule has 0 aliphatic rings. The van der Waals surface area contributed by atoms with E-state index in [2.05, 4.69) is 4.98 Å². The van der Waals surface area contributed by atoms with Gasteiger partial charge in [-0.2, -0.15) is 0 Å². The molecule has 0 aliphatic carbocycles. The summed E-state index contributed by atoms with van der Waals surface area (Å²) in [6, 6.07) is 4.37. The third kappa shape index (κ3) is 3.40. The van der Waals surface area contributed by atoms with Crippen LogP contribution in [0.5, 0.6) is 0 Å². The van der Waals surface area contributed by atoms with E-state index in [-0.39, 0.29) is 22.9 Å². The summed E-state index contributed by atoms with van der Waals surface area (Å²) in [7, 11) is 0. The summed E-state index contributed by atoms with van der Waals surface area (Å²) in [6.07, 6.45) is 3.03. The van der Waals surface area contributed by atoms with Gasteiger partial charge >= 0.3 is 11.7 Å². The van der Waals surface area contributed by atoms with Gasteiger partial charge < -0.3 is 5.11 Å². The van der Waals surface area contributed by atoms with E-state index in [0.717, 1.165) is 4.57 Å². The van der Waals surface area contributed by atoms with Gasteiger partial charge in [0.1, 0.15) is 0 Å². The van der Waals surface area contributed by atoms with Crippen molar-refractivity contribution in [3.05, 3.63) is 62.8 Å². The first-order chi connectivity index (χ1) is 10.4. The number of Topliss-reactive ketones (excluding diaryl/α,β-unsaturated/α-hetero) is 1. The van der Waals surface area contributed by atoms with E-state index in [1.54, 1.807) is 6.92 Å². The van der Waals surface area contributed by atoms with Crippen LogP contribution < -0.4 is 5.69 Å². The maximum absolute atomic E-state index is 12.2. The van der Waals surface area contributed by atoms with Gasteiger partial charge in [0, 0.05) is 11.8 Å². The first-order valence-corrected chi connectivity index (χ1v) is 6.91. The number of rotatable bonds is 5. The summed E-state index contributed by atoms with van der Waals surface area (Å²) in [5.41, 5.74) is 0.500. The van der Waals surface area contributed by atoms with Gasteiger partial charge in [-0.3, -0.25) is 9.36 Å². The molecular formula is C15H13ClN2O4. The number of benzene rings is 1. The van der Waals surface area contributed by atoms with E-state index in [1.165, 1.54) is 30.6 Å². The smallest absolute Gasteiger partial charge is 0.348 e. The lowest BCUT2D eigenvalue weighted by Gasteiger charge is -2.08. The van der Waals surface area contributed by atoms with Gasteiger partial charge in [0.15, 0.2) is 5.78 Å². The van der Waals surface area contributed by atoms with Crippen molar-refractivity contribution in [2.45, 2.75) is 19.9 Å². The van der Waals surface area contributed by atoms with Crippen LogP contribution in [0.1, 0.15) is 33.2 Å². The van der Waals surface area contributed by atoms with Gasteiger partial charge in [-0.15, -0.1) is 0 Å². The number of carboxylic acids is 1. The largest absolute Gasteiger partial charge is 0.478 e. The highest BCUT2D eigenvalue weighted by Gasteiger charge is 2.14. The predicted octanol–water partition coefficient (Wildman–Crippen LogP) is 2.04. The van der Waals surface area contributed by atoms with Gasteiger partial charge in [0.2, 0.25) is 0 Å². The lowest BCUT2D eigenvalue weighted by molar-refractivity contribution is 0.0695. The van der Waals surface area contributed by atoms with Crippen molar-refractivity contribution in [1.82, 2.24) is 9.55 Å². The van der Waals surface area contributed by atoms with E-state index in [1.807, 2.05) is 0 Å². The minimum atomic E-state index is -1.04. The number of carbonyl (C=O) groups excluding carboxylic acids is 1. The minimum Gasteiger partial charge on any atom is -0.478 e. The molecule has 0 saturated heterocycles. The summed E-state index contributed by atoms with van der Waals surface area (Å²) in [6.45, 7) is 1.60. The predicted molar refractivity (Wildman–Crippen MR) is 80.6 cm³/mol. The van der Waals surface area contributed by atoms with Crippen molar-refractivity contribution in [3.63, 3.8) is 0 Å². The zero-order valence-corrected chi connectivity index (χ0v) is 12.5. The maximum atomic E-state index is 12.2. The topological polar surface area (TPSA) is 89.3 Å². The Morgan fingerprint density at radius 2 is 2.09 bits per heavy atom. The fourth-order valence-corrected chi connectivity index (χ4v) is 2.22. The van der Waals surface area contributed by atoms with E-state index in [4.69, 9.17) is 16.7 Å². The quantitative estimate of drug-likeness (QED) is 0.851. The Hall–Kier alpha value is -2.47. The molecule has 0 spiro atoms. The Kier molecular flexibility index (Phi) is 4.72. The zero-order valence-electron chi connectivity index (χ0n) is 11.7. The van der Waals surface area contributed by atoms with Crippen LogP contribution in [-0.4, -0.2) is 26.4 Å². The number of hydrogen-bond donors (Lipinski definition) is 1. The average molecular weight is 321 g/mol. The summed E-state index contributed by atoms with van der Waals surface area (Å²) in [5.74, 6) is -1.36. The number of aryl methyl sites for hydroxylation is 1. The third-order valence-corrected chi connectivity index (χ3v) is 3.37. The van der Waals surface area contributed by atoms with Crippen molar-refractivity contribution < 1.29 is 14.7 Å². The Balaban J connectivity index is 2.32. The van der Waals surface area contributed by atoms with Gasteiger partial charge in [-0.05, 0) is 24.1 Å². The molecule has 1 aromatic heterocycles. The van der Waals surface area contributed by atoms with Crippen molar-refractivity contribution >= 4 is 23.4 Å². The molecule has 0 unspecified atom stereocenters. The van der Waals surface area contributed by atoms with Gasteiger partial charge in [0.05, 0.1) is 23.3 Å². The summed E-state index contributed by atoms with van der Waals surface area (Å²) in [4.78, 5) is 38.4. The first kappa shape index (κ1) is 15.9. The molecule has 0 radical (unpaired) electrons. The molecule has 0 aliphatic heterocycles. The van der Waals surface area contributed by atoms with Gasteiger partial charge in [0.25, 0.3) is 0 Å². The standard InChI is InChI=1S/C15H13ClN2O4/c1-2-9-5-10(3-4-12(9)14(20)21)13(19)8-18-7-11(16)6-17-15(18)22/h3-7H,2,8H2,1H3,(H,20,21). The Bertz CT molecular complexity index is 798. The fraction of sp³-hybridized carbons (Fsp3) is 0.200. The molecular weight excluding hydrogens is 308 g/mol. The molecule has 22 heavy (non-hydrogen) atoms. The molecule has 1 aromatic carbocycles. The highest BCUT2D eigenvalue weighted by atomic mass is 35.5. The number of halogens is 1. The third-order valence-electron chi connectivity index (χ3n) is 3.18. The number of hydrogen-bond acceptors (Lipinski definition) is 4. The number of aromatic nitrogens is 2. The van der Waals surface area contributed by atoms with E-state index >= 15 is 0 Å². The van der Waals surface area contributed by atoms with Gasteiger partial charge in [-0.1, -0.05) is 24.6 Å². The Labute approximate surface area is 131 Å². The monoisotopic (exact) mass is 320 g/mol. The van der Waals surface area contributed by atoms with Crippen molar-refractivity contribution in [1.29, 1.82) is 0 Å². The number of ketones is 1. The Morgan fingerprint density at radius 1 is 1.36 bits per heavy atom. The number of nitrogens with zero attached hydrogens (tertiary/aromatic N) is 2.